The molecule has 0 aliphatic heterocycles. The maximum Gasteiger partial charge on any atom is 0.341 e. The number of amides is 1. The maximum atomic E-state index is 12.2. The SMILES string of the molecule is Cc1cc(OCC(=O)O)c2c3c(C(N)=O)cccc3n(Cc3ccc(I)cc3)c2c1. The van der Waals surface area contributed by atoms with Crippen LogP contribution in [0.2, 0.25) is 0 Å². The van der Waals surface area contributed by atoms with Crippen LogP contribution in [0.25, 0.3) is 21.8 Å². The van der Waals surface area contributed by atoms with E-state index >= 15 is 0 Å². The number of carbonyl (C=O) groups excluding carboxylic acids is 1. The number of halogens is 1. The summed E-state index contributed by atoms with van der Waals surface area (Å²) in [6.45, 7) is 2.04. The zero-order valence-electron chi connectivity index (χ0n) is 16.2. The molecular formula is C23H19IN2O4. The molecule has 0 radical (unpaired) electrons. The molecule has 7 heteroatoms. The number of carbonyl (C=O) groups is 2. The number of nitrogens with two attached hydrogens (primary N) is 1. The van der Waals surface area contributed by atoms with Crippen LogP contribution in [0.5, 0.6) is 5.75 Å². The lowest BCUT2D eigenvalue weighted by Crippen LogP contribution is -2.11. The average molecular weight is 514 g/mol. The first-order chi connectivity index (χ1) is 14.3. The zero-order valence-corrected chi connectivity index (χ0v) is 18.3. The Hall–Kier alpha value is -3.07. The highest BCUT2D eigenvalue weighted by molar-refractivity contribution is 14.1. The quantitative estimate of drug-likeness (QED) is 0.375. The monoisotopic (exact) mass is 514 g/mol. The van der Waals surface area contributed by atoms with Crippen LogP contribution in [-0.4, -0.2) is 28.2 Å². The summed E-state index contributed by atoms with van der Waals surface area (Å²) in [5.74, 6) is -1.19. The number of fused-ring (bicyclic) bond motifs is 3. The van der Waals surface area contributed by atoms with Crippen LogP contribution >= 0.6 is 22.6 Å². The third kappa shape index (κ3) is 3.72. The summed E-state index contributed by atoms with van der Waals surface area (Å²) < 4.78 is 8.88. The van der Waals surface area contributed by atoms with E-state index in [4.69, 9.17) is 15.6 Å². The van der Waals surface area contributed by atoms with Crippen molar-refractivity contribution in [1.82, 2.24) is 4.57 Å². The van der Waals surface area contributed by atoms with E-state index in [0.29, 0.717) is 28.6 Å². The van der Waals surface area contributed by atoms with E-state index in [1.165, 1.54) is 0 Å². The van der Waals surface area contributed by atoms with E-state index in [1.54, 1.807) is 18.2 Å². The summed E-state index contributed by atoms with van der Waals surface area (Å²) in [5, 5.41) is 10.5. The number of primary amides is 1. The second kappa shape index (κ2) is 7.98. The summed E-state index contributed by atoms with van der Waals surface area (Å²) >= 11 is 2.27. The fourth-order valence-electron chi connectivity index (χ4n) is 3.76. The zero-order chi connectivity index (χ0) is 21.4. The van der Waals surface area contributed by atoms with Gasteiger partial charge in [-0.2, -0.15) is 0 Å². The highest BCUT2D eigenvalue weighted by Gasteiger charge is 2.20. The lowest BCUT2D eigenvalue weighted by molar-refractivity contribution is -0.139. The van der Waals surface area contributed by atoms with Crippen LogP contribution in [0.15, 0.2) is 54.6 Å². The second-order valence-electron chi connectivity index (χ2n) is 7.12. The Morgan fingerprint density at radius 2 is 1.80 bits per heavy atom. The summed E-state index contributed by atoms with van der Waals surface area (Å²) in [6.07, 6.45) is 0. The van der Waals surface area contributed by atoms with Crippen LogP contribution in [0.4, 0.5) is 0 Å². The van der Waals surface area contributed by atoms with Crippen molar-refractivity contribution in [3.05, 3.63) is 74.9 Å². The first-order valence-corrected chi connectivity index (χ1v) is 10.4. The molecule has 152 valence electrons. The molecular weight excluding hydrogens is 495 g/mol. The lowest BCUT2D eigenvalue weighted by atomic mass is 10.0. The number of rotatable bonds is 6. The fourth-order valence-corrected chi connectivity index (χ4v) is 4.12. The molecule has 0 fully saturated rings. The van der Waals surface area contributed by atoms with Gasteiger partial charge in [0.1, 0.15) is 5.75 Å². The van der Waals surface area contributed by atoms with E-state index in [9.17, 15) is 9.59 Å². The number of nitrogens with zero attached hydrogens (tertiary/aromatic N) is 1. The third-order valence-corrected chi connectivity index (χ3v) is 5.69. The van der Waals surface area contributed by atoms with Gasteiger partial charge in [0.05, 0.1) is 16.4 Å². The van der Waals surface area contributed by atoms with Crippen molar-refractivity contribution in [1.29, 1.82) is 0 Å². The van der Waals surface area contributed by atoms with Crippen molar-refractivity contribution >= 4 is 56.3 Å². The van der Waals surface area contributed by atoms with Gasteiger partial charge in [-0.15, -0.1) is 0 Å². The van der Waals surface area contributed by atoms with Gasteiger partial charge in [0.2, 0.25) is 5.91 Å². The van der Waals surface area contributed by atoms with Gasteiger partial charge in [-0.3, -0.25) is 4.79 Å². The predicted molar refractivity (Wildman–Crippen MR) is 124 cm³/mol. The Bertz CT molecular complexity index is 1290. The topological polar surface area (TPSA) is 94.6 Å². The number of hydrogen-bond donors (Lipinski definition) is 2. The number of aliphatic carboxylic acids is 1. The van der Waals surface area contributed by atoms with Crippen molar-refractivity contribution in [3.63, 3.8) is 0 Å². The smallest absolute Gasteiger partial charge is 0.341 e. The minimum atomic E-state index is -1.07. The number of hydrogen-bond acceptors (Lipinski definition) is 3. The van der Waals surface area contributed by atoms with Gasteiger partial charge in [-0.05, 0) is 77.0 Å². The molecule has 0 aliphatic carbocycles. The highest BCUT2D eigenvalue weighted by atomic mass is 127. The van der Waals surface area contributed by atoms with Crippen molar-refractivity contribution < 1.29 is 19.4 Å². The Balaban J connectivity index is 2.04. The molecule has 1 amide bonds. The molecule has 3 aromatic carbocycles. The van der Waals surface area contributed by atoms with E-state index < -0.39 is 18.5 Å². The average Bonchev–Trinajstić information content (AvgIpc) is 3.01. The summed E-state index contributed by atoms with van der Waals surface area (Å²) in [4.78, 5) is 23.3. The van der Waals surface area contributed by atoms with Crippen LogP contribution < -0.4 is 10.5 Å². The lowest BCUT2D eigenvalue weighted by Gasteiger charge is -2.10. The first kappa shape index (κ1) is 20.2. The molecule has 4 rings (SSSR count). The standard InChI is InChI=1S/C23H19IN2O4/c1-13-9-18-22(19(10-13)30-12-20(27)28)21-16(23(25)29)3-2-4-17(21)26(18)11-14-5-7-15(24)8-6-14/h2-10H,11-12H2,1H3,(H2,25,29)(H,27,28). The predicted octanol–water partition coefficient (Wildman–Crippen LogP) is 4.32. The highest BCUT2D eigenvalue weighted by Crippen LogP contribution is 2.39. The summed E-state index contributed by atoms with van der Waals surface area (Å²) in [6, 6.07) is 17.4. The van der Waals surface area contributed by atoms with Gasteiger partial charge in [0.15, 0.2) is 6.61 Å². The molecule has 0 saturated carbocycles. The van der Waals surface area contributed by atoms with E-state index in [2.05, 4.69) is 39.3 Å². The number of ether oxygens (including phenoxy) is 1. The molecule has 1 heterocycles. The molecule has 0 bridgehead atoms. The van der Waals surface area contributed by atoms with Gasteiger partial charge < -0.3 is 20.1 Å². The molecule has 0 unspecified atom stereocenters. The largest absolute Gasteiger partial charge is 0.481 e. The number of aromatic nitrogens is 1. The fraction of sp³-hybridized carbons (Fsp3) is 0.130. The maximum absolute atomic E-state index is 12.2. The molecule has 1 aromatic heterocycles. The van der Waals surface area contributed by atoms with Crippen molar-refractivity contribution in [2.45, 2.75) is 13.5 Å². The van der Waals surface area contributed by atoms with Crippen LogP contribution in [0.3, 0.4) is 0 Å². The Morgan fingerprint density at radius 1 is 1.07 bits per heavy atom. The van der Waals surface area contributed by atoms with E-state index in [-0.39, 0.29) is 0 Å². The van der Waals surface area contributed by atoms with Gasteiger partial charge in [0, 0.05) is 21.1 Å². The summed E-state index contributed by atoms with van der Waals surface area (Å²) in [7, 11) is 0. The molecule has 0 atom stereocenters. The minimum Gasteiger partial charge on any atom is -0.481 e. The number of aryl methyl sites for hydroxylation is 1. The number of carboxylic acids is 1. The molecule has 0 spiro atoms. The van der Waals surface area contributed by atoms with Crippen molar-refractivity contribution in [3.8, 4) is 5.75 Å². The van der Waals surface area contributed by atoms with Crippen molar-refractivity contribution in [2.75, 3.05) is 6.61 Å². The van der Waals surface area contributed by atoms with Gasteiger partial charge in [-0.25, -0.2) is 4.79 Å². The van der Waals surface area contributed by atoms with E-state index in [1.807, 2.05) is 31.2 Å². The van der Waals surface area contributed by atoms with Gasteiger partial charge in [-0.1, -0.05) is 18.2 Å². The number of carboxylic acid groups (broad SMARTS) is 1. The van der Waals surface area contributed by atoms with Gasteiger partial charge >= 0.3 is 5.97 Å². The first-order valence-electron chi connectivity index (χ1n) is 9.29. The van der Waals surface area contributed by atoms with Crippen LogP contribution in [0.1, 0.15) is 21.5 Å². The molecule has 0 saturated heterocycles. The van der Waals surface area contributed by atoms with Gasteiger partial charge in [0.25, 0.3) is 0 Å². The molecule has 30 heavy (non-hydrogen) atoms. The molecule has 4 aromatic rings. The molecule has 6 nitrogen and oxygen atoms in total. The summed E-state index contributed by atoms with van der Waals surface area (Å²) in [5.41, 5.74) is 9.77. The Labute approximate surface area is 186 Å². The number of benzene rings is 3. The minimum absolute atomic E-state index is 0.378. The molecule has 3 N–H and O–H groups in total. The van der Waals surface area contributed by atoms with Crippen molar-refractivity contribution in [2.24, 2.45) is 5.73 Å². The molecule has 0 aliphatic rings. The van der Waals surface area contributed by atoms with E-state index in [0.717, 1.165) is 25.7 Å². The Kier molecular flexibility index (Phi) is 5.38. The Morgan fingerprint density at radius 3 is 2.47 bits per heavy atom. The third-order valence-electron chi connectivity index (χ3n) is 4.97. The second-order valence-corrected chi connectivity index (χ2v) is 8.36. The normalized spacial score (nSPS) is 11.1. The van der Waals surface area contributed by atoms with Crippen LogP contribution in [-0.2, 0) is 11.3 Å². The van der Waals surface area contributed by atoms with Crippen LogP contribution in [0, 0.1) is 10.5 Å².